The average molecular weight is 435 g/mol. The fourth-order valence-corrected chi connectivity index (χ4v) is 3.85. The summed E-state index contributed by atoms with van der Waals surface area (Å²) in [5.74, 6) is -0.764. The van der Waals surface area contributed by atoms with Crippen LogP contribution in [0, 0.1) is 0 Å². The molecule has 7 nitrogen and oxygen atoms in total. The van der Waals surface area contributed by atoms with E-state index in [4.69, 9.17) is 4.42 Å². The summed E-state index contributed by atoms with van der Waals surface area (Å²) in [6, 6.07) is 14.1. The first-order valence-electron chi connectivity index (χ1n) is 9.52. The van der Waals surface area contributed by atoms with Crippen LogP contribution in [-0.2, 0) is 0 Å². The van der Waals surface area contributed by atoms with Gasteiger partial charge in [-0.1, -0.05) is 24.5 Å². The number of hydrogen-bond donors (Lipinski definition) is 4. The third-order valence-corrected chi connectivity index (χ3v) is 5.40. The van der Waals surface area contributed by atoms with Crippen LogP contribution in [0.15, 0.2) is 63.8 Å². The zero-order chi connectivity index (χ0) is 22.0. The molecular weight excluding hydrogens is 416 g/mol. The first-order chi connectivity index (χ1) is 15.0. The molecule has 8 heteroatoms. The van der Waals surface area contributed by atoms with E-state index in [2.05, 4.69) is 10.0 Å². The monoisotopic (exact) mass is 435 g/mol. The normalized spacial score (nSPS) is 11.4. The van der Waals surface area contributed by atoms with Crippen molar-refractivity contribution in [1.29, 1.82) is 0 Å². The maximum Gasteiger partial charge on any atom is 0.336 e. The van der Waals surface area contributed by atoms with Gasteiger partial charge in [-0.15, -0.1) is 0 Å². The van der Waals surface area contributed by atoms with Crippen LogP contribution in [-0.4, -0.2) is 28.2 Å². The Morgan fingerprint density at radius 3 is 2.68 bits per heavy atom. The number of rotatable bonds is 6. The lowest BCUT2D eigenvalue weighted by Crippen LogP contribution is -2.05. The van der Waals surface area contributed by atoms with Crippen molar-refractivity contribution in [2.45, 2.75) is 6.92 Å². The average Bonchev–Trinajstić information content (AvgIpc) is 2.75. The summed E-state index contributed by atoms with van der Waals surface area (Å²) in [5.41, 5.74) is 4.28. The van der Waals surface area contributed by atoms with Gasteiger partial charge in [-0.25, -0.2) is 9.52 Å². The summed E-state index contributed by atoms with van der Waals surface area (Å²) in [5, 5.41) is 23.5. The van der Waals surface area contributed by atoms with E-state index in [1.807, 2.05) is 6.92 Å². The predicted molar refractivity (Wildman–Crippen MR) is 124 cm³/mol. The molecule has 1 radical (unpaired) electrons. The number of phenolic OH excluding ortho intramolecular Hbond substituents is 1. The van der Waals surface area contributed by atoms with Crippen molar-refractivity contribution in [3.8, 4) is 28.2 Å². The molecule has 0 aromatic heterocycles. The van der Waals surface area contributed by atoms with E-state index < -0.39 is 5.97 Å². The van der Waals surface area contributed by atoms with Crippen molar-refractivity contribution in [1.82, 2.24) is 4.72 Å². The highest BCUT2D eigenvalue weighted by atomic mass is 32.1. The zero-order valence-corrected chi connectivity index (χ0v) is 17.3. The maximum absolute atomic E-state index is 12.1. The number of phenols is 1. The Labute approximate surface area is 181 Å². The summed E-state index contributed by atoms with van der Waals surface area (Å²) in [6.07, 6.45) is 0. The molecule has 4 rings (SSSR count). The van der Waals surface area contributed by atoms with E-state index in [1.54, 1.807) is 35.8 Å². The number of benzene rings is 3. The highest BCUT2D eigenvalue weighted by molar-refractivity contribution is 7.95. The van der Waals surface area contributed by atoms with Crippen molar-refractivity contribution in [2.24, 2.45) is 0 Å². The Bertz CT molecular complexity index is 1350. The lowest BCUT2D eigenvalue weighted by atomic mass is 9.90. The van der Waals surface area contributed by atoms with Crippen LogP contribution in [0.25, 0.3) is 33.4 Å². The minimum absolute atomic E-state index is 0.00607. The molecule has 0 amide bonds. The van der Waals surface area contributed by atoms with Gasteiger partial charge in [-0.2, -0.15) is 0 Å². The highest BCUT2D eigenvalue weighted by Gasteiger charge is 2.22. The summed E-state index contributed by atoms with van der Waals surface area (Å²) in [6.45, 7) is 2.77. The SMILES string of the molecule is CCN[S]=CNc1ccc(-c2c3ccc(=O)cc-3oc3cc(O)ccc23)c(C(=O)O)c1. The number of aromatic hydroxyl groups is 1. The lowest BCUT2D eigenvalue weighted by molar-refractivity contribution is 0.0698. The van der Waals surface area contributed by atoms with E-state index in [0.29, 0.717) is 39.1 Å². The fraction of sp³-hybridized carbons (Fsp3) is 0.0870. The van der Waals surface area contributed by atoms with Gasteiger partial charge in [0.25, 0.3) is 0 Å². The largest absolute Gasteiger partial charge is 0.508 e. The van der Waals surface area contributed by atoms with Crippen LogP contribution < -0.4 is 15.5 Å². The first kappa shape index (κ1) is 20.5. The van der Waals surface area contributed by atoms with E-state index in [0.717, 1.165) is 6.54 Å². The quantitative estimate of drug-likeness (QED) is 0.202. The van der Waals surface area contributed by atoms with Crippen molar-refractivity contribution in [2.75, 3.05) is 11.9 Å². The third-order valence-electron chi connectivity index (χ3n) is 4.71. The van der Waals surface area contributed by atoms with Crippen molar-refractivity contribution in [3.05, 3.63) is 70.4 Å². The molecular formula is C23H19N2O5S. The molecule has 2 aliphatic rings. The molecule has 0 fully saturated rings. The molecule has 4 N–H and O–H groups in total. The number of aromatic carboxylic acids is 1. The van der Waals surface area contributed by atoms with E-state index in [9.17, 15) is 19.8 Å². The molecule has 0 unspecified atom stereocenters. The number of nitrogens with one attached hydrogen (secondary N) is 2. The highest BCUT2D eigenvalue weighted by Crippen LogP contribution is 2.42. The molecule has 1 aliphatic carbocycles. The lowest BCUT2D eigenvalue weighted by Gasteiger charge is -2.17. The smallest absolute Gasteiger partial charge is 0.336 e. The van der Waals surface area contributed by atoms with Crippen LogP contribution in [0.5, 0.6) is 5.75 Å². The number of hydrogen-bond acceptors (Lipinski definition) is 5. The molecule has 0 spiro atoms. The molecule has 0 atom stereocenters. The second kappa shape index (κ2) is 8.55. The van der Waals surface area contributed by atoms with Gasteiger partial charge in [0, 0.05) is 40.9 Å². The second-order valence-corrected chi connectivity index (χ2v) is 7.52. The number of anilines is 1. The minimum atomic E-state index is -1.08. The van der Waals surface area contributed by atoms with Gasteiger partial charge in [-0.05, 0) is 42.0 Å². The van der Waals surface area contributed by atoms with Gasteiger partial charge >= 0.3 is 5.97 Å². The summed E-state index contributed by atoms with van der Waals surface area (Å²) >= 11 is 1.37. The number of carbonyl (C=O) groups is 1. The Hall–Kier alpha value is -3.75. The standard InChI is InChI=1S/C23H19N2O5S/c1-2-25-31-12-24-13-3-6-16(19(9-13)23(28)29)22-17-7-4-14(26)10-20(17)30-21-11-15(27)5-8-18(21)22/h3-12,24-26H,2H2,1H3,(H,28,29). The minimum Gasteiger partial charge on any atom is -0.508 e. The second-order valence-electron chi connectivity index (χ2n) is 6.76. The Morgan fingerprint density at radius 2 is 1.90 bits per heavy atom. The Balaban J connectivity index is 1.97. The van der Waals surface area contributed by atoms with Gasteiger partial charge in [0.1, 0.15) is 17.1 Å². The van der Waals surface area contributed by atoms with Crippen LogP contribution in [0.4, 0.5) is 5.69 Å². The predicted octanol–water partition coefficient (Wildman–Crippen LogP) is 4.40. The van der Waals surface area contributed by atoms with Crippen LogP contribution in [0.2, 0.25) is 0 Å². The number of carboxylic acids is 1. The van der Waals surface area contributed by atoms with Crippen molar-refractivity contribution in [3.63, 3.8) is 0 Å². The Kier molecular flexibility index (Phi) is 5.66. The number of fused-ring (bicyclic) bond motifs is 2. The molecule has 157 valence electrons. The molecule has 0 saturated carbocycles. The summed E-state index contributed by atoms with van der Waals surface area (Å²) < 4.78 is 8.90. The van der Waals surface area contributed by atoms with Gasteiger partial charge in [0.2, 0.25) is 0 Å². The fourth-order valence-electron chi connectivity index (χ4n) is 3.40. The van der Waals surface area contributed by atoms with Gasteiger partial charge in [0.15, 0.2) is 5.43 Å². The van der Waals surface area contributed by atoms with Gasteiger partial charge in [0.05, 0.1) is 11.1 Å². The first-order valence-corrected chi connectivity index (χ1v) is 10.4. The zero-order valence-electron chi connectivity index (χ0n) is 16.5. The Morgan fingerprint density at radius 1 is 1.10 bits per heavy atom. The van der Waals surface area contributed by atoms with Crippen molar-refractivity contribution >= 4 is 39.7 Å². The molecule has 0 bridgehead atoms. The van der Waals surface area contributed by atoms with E-state index in [1.165, 1.54) is 35.8 Å². The molecule has 31 heavy (non-hydrogen) atoms. The van der Waals surface area contributed by atoms with Crippen LogP contribution in [0.1, 0.15) is 17.3 Å². The van der Waals surface area contributed by atoms with Gasteiger partial charge in [-0.3, -0.25) is 4.79 Å². The third kappa shape index (κ3) is 4.11. The molecule has 2 aromatic rings. The topological polar surface area (TPSA) is 112 Å². The molecule has 0 saturated heterocycles. The van der Waals surface area contributed by atoms with Crippen molar-refractivity contribution < 1.29 is 19.4 Å². The number of carboxylic acid groups (broad SMARTS) is 1. The molecule has 2 aromatic carbocycles. The summed E-state index contributed by atoms with van der Waals surface area (Å²) in [7, 11) is 0. The maximum atomic E-state index is 12.1. The van der Waals surface area contributed by atoms with Gasteiger partial charge < -0.3 is 19.9 Å². The van der Waals surface area contributed by atoms with E-state index in [-0.39, 0.29) is 16.7 Å². The van der Waals surface area contributed by atoms with Crippen LogP contribution >= 0.6 is 11.5 Å². The van der Waals surface area contributed by atoms with Crippen LogP contribution in [0.3, 0.4) is 0 Å². The molecule has 1 heterocycles. The van der Waals surface area contributed by atoms with E-state index >= 15 is 0 Å². The summed E-state index contributed by atoms with van der Waals surface area (Å²) in [4.78, 5) is 24.0. The molecule has 1 aliphatic heterocycles.